The molecule has 1 heterocycles. The van der Waals surface area contributed by atoms with Gasteiger partial charge in [0.05, 0.1) is 6.04 Å². The molecule has 0 saturated carbocycles. The highest BCUT2D eigenvalue weighted by atomic mass is 35.5. The molecule has 0 spiro atoms. The van der Waals surface area contributed by atoms with E-state index in [-0.39, 0.29) is 23.8 Å². The van der Waals surface area contributed by atoms with E-state index in [4.69, 9.17) is 11.6 Å². The minimum Gasteiger partial charge on any atom is -0.355 e. The molecule has 3 rings (SSSR count). The molecular formula is C23H24ClN3O3. The van der Waals surface area contributed by atoms with E-state index in [2.05, 4.69) is 11.9 Å². The lowest BCUT2D eigenvalue weighted by Gasteiger charge is -2.41. The quantitative estimate of drug-likeness (QED) is 0.764. The summed E-state index contributed by atoms with van der Waals surface area (Å²) in [7, 11) is 1.59. The molecule has 0 aromatic heterocycles. The Morgan fingerprint density at radius 1 is 1.13 bits per heavy atom. The molecule has 0 unspecified atom stereocenters. The van der Waals surface area contributed by atoms with Crippen LogP contribution in [0.5, 0.6) is 0 Å². The first-order chi connectivity index (χ1) is 14.3. The van der Waals surface area contributed by atoms with Gasteiger partial charge in [0.25, 0.3) is 5.91 Å². The molecule has 1 aliphatic heterocycles. The Hall–Kier alpha value is -3.12. The van der Waals surface area contributed by atoms with Gasteiger partial charge in [0.15, 0.2) is 0 Å². The highest BCUT2D eigenvalue weighted by Gasteiger charge is 2.31. The molecular weight excluding hydrogens is 402 g/mol. The predicted molar refractivity (Wildman–Crippen MR) is 117 cm³/mol. The minimum absolute atomic E-state index is 0.0613. The molecule has 1 atom stereocenters. The van der Waals surface area contributed by atoms with Gasteiger partial charge in [-0.3, -0.25) is 14.4 Å². The average molecular weight is 426 g/mol. The van der Waals surface area contributed by atoms with E-state index in [1.165, 1.54) is 13.0 Å². The summed E-state index contributed by atoms with van der Waals surface area (Å²) >= 11 is 6.42. The van der Waals surface area contributed by atoms with E-state index in [1.54, 1.807) is 29.0 Å². The molecule has 2 aromatic rings. The maximum absolute atomic E-state index is 12.2. The third kappa shape index (κ3) is 4.54. The van der Waals surface area contributed by atoms with Gasteiger partial charge in [-0.1, -0.05) is 30.3 Å². The molecule has 30 heavy (non-hydrogen) atoms. The van der Waals surface area contributed by atoms with E-state index < -0.39 is 0 Å². The number of nitrogens with zero attached hydrogens (tertiary/aromatic N) is 2. The van der Waals surface area contributed by atoms with Gasteiger partial charge in [0.1, 0.15) is 0 Å². The van der Waals surface area contributed by atoms with Crippen LogP contribution in [0.25, 0.3) is 11.1 Å². The van der Waals surface area contributed by atoms with Crippen LogP contribution in [0.3, 0.4) is 0 Å². The number of carbonyl (C=O) groups is 3. The number of carbonyl (C=O) groups excluding carboxylic acids is 3. The van der Waals surface area contributed by atoms with Crippen molar-refractivity contribution in [1.82, 2.24) is 15.1 Å². The van der Waals surface area contributed by atoms with Crippen molar-refractivity contribution in [3.63, 3.8) is 0 Å². The van der Waals surface area contributed by atoms with Gasteiger partial charge in [0.2, 0.25) is 11.8 Å². The van der Waals surface area contributed by atoms with Crippen molar-refractivity contribution in [3.05, 3.63) is 71.3 Å². The highest BCUT2D eigenvalue weighted by molar-refractivity contribution is 6.31. The first-order valence-electron chi connectivity index (χ1n) is 9.65. The van der Waals surface area contributed by atoms with E-state index in [0.717, 1.165) is 16.7 Å². The van der Waals surface area contributed by atoms with Gasteiger partial charge in [-0.15, -0.1) is 0 Å². The monoisotopic (exact) mass is 425 g/mol. The third-order valence-corrected chi connectivity index (χ3v) is 5.48. The van der Waals surface area contributed by atoms with E-state index >= 15 is 0 Å². The summed E-state index contributed by atoms with van der Waals surface area (Å²) in [6.07, 6.45) is 1.29. The van der Waals surface area contributed by atoms with Gasteiger partial charge in [-0.2, -0.15) is 0 Å². The van der Waals surface area contributed by atoms with Crippen LogP contribution in [0.2, 0.25) is 5.02 Å². The Kier molecular flexibility index (Phi) is 6.57. The second-order valence-corrected chi connectivity index (χ2v) is 7.59. The van der Waals surface area contributed by atoms with Crippen molar-refractivity contribution < 1.29 is 14.4 Å². The normalized spacial score (nSPS) is 16.2. The van der Waals surface area contributed by atoms with Crippen molar-refractivity contribution in [2.75, 3.05) is 26.7 Å². The zero-order valence-electron chi connectivity index (χ0n) is 17.0. The molecule has 6 nitrogen and oxygen atoms in total. The summed E-state index contributed by atoms with van der Waals surface area (Å²) in [6, 6.07) is 12.5. The van der Waals surface area contributed by atoms with Crippen LogP contribution in [0.4, 0.5) is 0 Å². The van der Waals surface area contributed by atoms with Crippen LogP contribution in [0.1, 0.15) is 28.9 Å². The maximum atomic E-state index is 12.2. The number of benzene rings is 2. The molecule has 2 aromatic carbocycles. The van der Waals surface area contributed by atoms with Gasteiger partial charge < -0.3 is 15.1 Å². The molecule has 156 valence electrons. The first-order valence-corrected chi connectivity index (χ1v) is 10.0. The van der Waals surface area contributed by atoms with Gasteiger partial charge in [0, 0.05) is 44.2 Å². The maximum Gasteiger partial charge on any atom is 0.251 e. The number of hydrogen-bond donors (Lipinski definition) is 1. The first kappa shape index (κ1) is 21.6. The predicted octanol–water partition coefficient (Wildman–Crippen LogP) is 3.28. The molecule has 0 bridgehead atoms. The Labute approximate surface area is 181 Å². The fourth-order valence-electron chi connectivity index (χ4n) is 3.73. The molecule has 1 aliphatic rings. The van der Waals surface area contributed by atoms with Gasteiger partial charge in [-0.25, -0.2) is 0 Å². The number of hydrogen-bond acceptors (Lipinski definition) is 3. The smallest absolute Gasteiger partial charge is 0.251 e. The summed E-state index contributed by atoms with van der Waals surface area (Å²) in [5.41, 5.74) is 3.05. The Balaban J connectivity index is 2.02. The molecule has 0 radical (unpaired) electrons. The molecule has 3 amide bonds. The van der Waals surface area contributed by atoms with Crippen LogP contribution in [-0.4, -0.2) is 54.2 Å². The Morgan fingerprint density at radius 2 is 1.90 bits per heavy atom. The standard InChI is InChI=1S/C23H24ClN3O3/c1-4-22(29)26-8-9-27(15(2)28)21(14-26)19-11-18(12-20(24)13-19)16-6-5-7-17(10-16)23(30)25-3/h4-7,10-13,21H,1,8-9,14H2,2-3H3,(H,25,30)/t21-/m0/s1. The van der Waals surface area contributed by atoms with Crippen LogP contribution in [0, 0.1) is 0 Å². The number of nitrogens with one attached hydrogen (secondary N) is 1. The lowest BCUT2D eigenvalue weighted by Crippen LogP contribution is -2.51. The van der Waals surface area contributed by atoms with E-state index in [1.807, 2.05) is 30.3 Å². The second-order valence-electron chi connectivity index (χ2n) is 7.15. The largest absolute Gasteiger partial charge is 0.355 e. The van der Waals surface area contributed by atoms with Crippen molar-refractivity contribution >= 4 is 29.3 Å². The molecule has 0 aliphatic carbocycles. The van der Waals surface area contributed by atoms with Crippen molar-refractivity contribution in [2.24, 2.45) is 0 Å². The van der Waals surface area contributed by atoms with Crippen LogP contribution < -0.4 is 5.32 Å². The number of rotatable bonds is 4. The number of piperazine rings is 1. The van der Waals surface area contributed by atoms with Crippen LogP contribution in [0.15, 0.2) is 55.1 Å². The minimum atomic E-state index is -0.320. The summed E-state index contributed by atoms with van der Waals surface area (Å²) in [5.74, 6) is -0.398. The molecule has 1 N–H and O–H groups in total. The summed E-state index contributed by atoms with van der Waals surface area (Å²) < 4.78 is 0. The molecule has 7 heteroatoms. The fraction of sp³-hybridized carbons (Fsp3) is 0.261. The van der Waals surface area contributed by atoms with E-state index in [9.17, 15) is 14.4 Å². The zero-order valence-corrected chi connectivity index (χ0v) is 17.8. The van der Waals surface area contributed by atoms with Crippen LogP contribution in [-0.2, 0) is 9.59 Å². The average Bonchev–Trinajstić information content (AvgIpc) is 2.77. The van der Waals surface area contributed by atoms with Gasteiger partial charge in [-0.05, 0) is 53.1 Å². The third-order valence-electron chi connectivity index (χ3n) is 5.26. The number of amides is 3. The van der Waals surface area contributed by atoms with Crippen molar-refractivity contribution in [3.8, 4) is 11.1 Å². The lowest BCUT2D eigenvalue weighted by atomic mass is 9.96. The summed E-state index contributed by atoms with van der Waals surface area (Å²) in [4.78, 5) is 39.8. The van der Waals surface area contributed by atoms with Gasteiger partial charge >= 0.3 is 0 Å². The second kappa shape index (κ2) is 9.13. The van der Waals surface area contributed by atoms with Crippen LogP contribution >= 0.6 is 11.6 Å². The molecule has 1 saturated heterocycles. The SMILES string of the molecule is C=CC(=O)N1CCN(C(C)=O)[C@H](c2cc(Cl)cc(-c3cccc(C(=O)NC)c3)c2)C1. The van der Waals surface area contributed by atoms with Crippen molar-refractivity contribution in [2.45, 2.75) is 13.0 Å². The highest BCUT2D eigenvalue weighted by Crippen LogP contribution is 2.32. The number of halogens is 1. The summed E-state index contributed by atoms with van der Waals surface area (Å²) in [5, 5.41) is 3.14. The fourth-order valence-corrected chi connectivity index (χ4v) is 3.97. The zero-order chi connectivity index (χ0) is 21.8. The topological polar surface area (TPSA) is 69.7 Å². The van der Waals surface area contributed by atoms with E-state index in [0.29, 0.717) is 30.2 Å². The summed E-state index contributed by atoms with van der Waals surface area (Å²) in [6.45, 7) is 6.35. The Morgan fingerprint density at radius 3 is 2.57 bits per heavy atom. The lowest BCUT2D eigenvalue weighted by molar-refractivity contribution is -0.139. The molecule has 1 fully saturated rings. The Bertz CT molecular complexity index is 1000. The van der Waals surface area contributed by atoms with Crippen molar-refractivity contribution in [1.29, 1.82) is 0 Å².